The SMILES string of the molecule is Nc1ncc(C(O)C(O)C(=O)O)cc1C(F)(F)F. The Hall–Kier alpha value is -1.87. The number of nitrogen functional groups attached to an aromatic ring is 1. The van der Waals surface area contributed by atoms with E-state index in [0.717, 1.165) is 6.20 Å². The third kappa shape index (κ3) is 2.87. The summed E-state index contributed by atoms with van der Waals surface area (Å²) in [6.07, 6.45) is -8.31. The number of aliphatic hydroxyl groups excluding tert-OH is 2. The van der Waals surface area contributed by atoms with E-state index in [0.29, 0.717) is 6.07 Å². The van der Waals surface area contributed by atoms with Crippen LogP contribution in [0.4, 0.5) is 19.0 Å². The fourth-order valence-corrected chi connectivity index (χ4v) is 1.20. The molecule has 0 aliphatic heterocycles. The number of aliphatic carboxylic acids is 1. The number of aromatic nitrogens is 1. The van der Waals surface area contributed by atoms with Gasteiger partial charge in [0, 0.05) is 11.8 Å². The van der Waals surface area contributed by atoms with Crippen molar-refractivity contribution in [2.45, 2.75) is 18.4 Å². The van der Waals surface area contributed by atoms with Crippen molar-refractivity contribution in [2.75, 3.05) is 5.73 Å². The van der Waals surface area contributed by atoms with Crippen molar-refractivity contribution in [1.82, 2.24) is 4.98 Å². The van der Waals surface area contributed by atoms with Gasteiger partial charge in [-0.1, -0.05) is 0 Å². The summed E-state index contributed by atoms with van der Waals surface area (Å²) in [6, 6.07) is 0.444. The Balaban J connectivity index is 3.17. The predicted octanol–water partition coefficient (Wildman–Crippen LogP) is 0.161. The second-order valence-corrected chi connectivity index (χ2v) is 3.43. The minimum Gasteiger partial charge on any atom is -0.479 e. The van der Waals surface area contributed by atoms with Gasteiger partial charge in [0.2, 0.25) is 0 Å². The molecule has 0 radical (unpaired) electrons. The number of rotatable bonds is 3. The van der Waals surface area contributed by atoms with E-state index in [4.69, 9.17) is 15.9 Å². The van der Waals surface area contributed by atoms with Gasteiger partial charge in [0.05, 0.1) is 5.56 Å². The molecule has 0 saturated carbocycles. The number of anilines is 1. The van der Waals surface area contributed by atoms with Gasteiger partial charge in [0.1, 0.15) is 11.9 Å². The number of aliphatic hydroxyl groups is 2. The summed E-state index contributed by atoms with van der Waals surface area (Å²) in [6.45, 7) is 0. The van der Waals surface area contributed by atoms with Gasteiger partial charge in [0.15, 0.2) is 6.10 Å². The molecule has 0 aromatic carbocycles. The van der Waals surface area contributed by atoms with Crippen LogP contribution >= 0.6 is 0 Å². The fourth-order valence-electron chi connectivity index (χ4n) is 1.20. The molecule has 0 saturated heterocycles. The first-order valence-electron chi connectivity index (χ1n) is 4.56. The second-order valence-electron chi connectivity index (χ2n) is 3.43. The van der Waals surface area contributed by atoms with E-state index >= 15 is 0 Å². The second kappa shape index (κ2) is 4.78. The van der Waals surface area contributed by atoms with Crippen molar-refractivity contribution in [3.05, 3.63) is 23.4 Å². The smallest absolute Gasteiger partial charge is 0.419 e. The summed E-state index contributed by atoms with van der Waals surface area (Å²) in [7, 11) is 0. The fraction of sp³-hybridized carbons (Fsp3) is 0.333. The molecule has 1 rings (SSSR count). The number of hydrogen-bond acceptors (Lipinski definition) is 5. The van der Waals surface area contributed by atoms with Gasteiger partial charge in [-0.15, -0.1) is 0 Å². The molecule has 1 aromatic heterocycles. The van der Waals surface area contributed by atoms with Crippen LogP contribution in [0.2, 0.25) is 0 Å². The highest BCUT2D eigenvalue weighted by molar-refractivity contribution is 5.73. The van der Waals surface area contributed by atoms with Crippen molar-refractivity contribution in [2.24, 2.45) is 0 Å². The summed E-state index contributed by atoms with van der Waals surface area (Å²) in [4.78, 5) is 13.6. The molecule has 0 amide bonds. The Bertz CT molecular complexity index is 464. The molecular weight excluding hydrogens is 257 g/mol. The summed E-state index contributed by atoms with van der Waals surface area (Å²) in [5, 5.41) is 26.8. The van der Waals surface area contributed by atoms with E-state index in [9.17, 15) is 23.1 Å². The summed E-state index contributed by atoms with van der Waals surface area (Å²) >= 11 is 0. The number of nitrogens with two attached hydrogens (primary N) is 1. The summed E-state index contributed by atoms with van der Waals surface area (Å²) in [5.74, 6) is -2.57. The van der Waals surface area contributed by atoms with Crippen molar-refractivity contribution < 1.29 is 33.3 Å². The number of nitrogens with zero attached hydrogens (tertiary/aromatic N) is 1. The average molecular weight is 266 g/mol. The van der Waals surface area contributed by atoms with Gasteiger partial charge >= 0.3 is 12.1 Å². The largest absolute Gasteiger partial charge is 0.479 e. The number of carboxylic acids is 1. The third-order valence-corrected chi connectivity index (χ3v) is 2.14. The molecule has 1 aromatic rings. The number of pyridine rings is 1. The monoisotopic (exact) mass is 266 g/mol. The average Bonchev–Trinajstić information content (AvgIpc) is 2.26. The first-order valence-corrected chi connectivity index (χ1v) is 4.56. The predicted molar refractivity (Wildman–Crippen MR) is 52.3 cm³/mol. The standard InChI is InChI=1S/C9H9F3N2O4/c10-9(11,12)4-1-3(2-14-7(4)13)5(15)6(16)8(17)18/h1-2,5-6,15-16H,(H2,13,14)(H,17,18). The summed E-state index contributed by atoms with van der Waals surface area (Å²) in [5.41, 5.74) is 3.22. The topological polar surface area (TPSA) is 117 Å². The van der Waals surface area contributed by atoms with Gasteiger partial charge in [-0.25, -0.2) is 9.78 Å². The van der Waals surface area contributed by atoms with Crippen LogP contribution in [0.1, 0.15) is 17.2 Å². The zero-order valence-electron chi connectivity index (χ0n) is 8.72. The normalized spacial score (nSPS) is 15.2. The number of carboxylic acid groups (broad SMARTS) is 1. The Morgan fingerprint density at radius 2 is 1.94 bits per heavy atom. The van der Waals surface area contributed by atoms with Crippen molar-refractivity contribution >= 4 is 11.8 Å². The minimum absolute atomic E-state index is 0.444. The van der Waals surface area contributed by atoms with E-state index in [2.05, 4.69) is 4.98 Å². The highest BCUT2D eigenvalue weighted by atomic mass is 19.4. The molecule has 0 bridgehead atoms. The van der Waals surface area contributed by atoms with Gasteiger partial charge in [-0.2, -0.15) is 13.2 Å². The number of alkyl halides is 3. The quantitative estimate of drug-likeness (QED) is 0.619. The van der Waals surface area contributed by atoms with Crippen LogP contribution in [0.5, 0.6) is 0 Å². The number of hydrogen-bond donors (Lipinski definition) is 4. The van der Waals surface area contributed by atoms with Gasteiger partial charge < -0.3 is 21.1 Å². The number of carbonyl (C=O) groups is 1. The molecule has 0 fully saturated rings. The van der Waals surface area contributed by atoms with E-state index in [1.54, 1.807) is 0 Å². The van der Waals surface area contributed by atoms with Crippen LogP contribution in [-0.2, 0) is 11.0 Å². The number of halogens is 3. The molecule has 18 heavy (non-hydrogen) atoms. The van der Waals surface area contributed by atoms with E-state index in [1.165, 1.54) is 0 Å². The van der Waals surface area contributed by atoms with Crippen LogP contribution in [-0.4, -0.2) is 32.4 Å². The van der Waals surface area contributed by atoms with Crippen LogP contribution in [0.15, 0.2) is 12.3 Å². The first-order chi connectivity index (χ1) is 8.14. The zero-order chi connectivity index (χ0) is 14.1. The van der Waals surface area contributed by atoms with Crippen LogP contribution in [0, 0.1) is 0 Å². The Labute approximate surface area is 98.5 Å². The minimum atomic E-state index is -4.79. The van der Waals surface area contributed by atoms with Crippen molar-refractivity contribution in [3.63, 3.8) is 0 Å². The van der Waals surface area contributed by atoms with E-state index in [-0.39, 0.29) is 0 Å². The lowest BCUT2D eigenvalue weighted by Gasteiger charge is -2.16. The molecule has 9 heteroatoms. The lowest BCUT2D eigenvalue weighted by Crippen LogP contribution is -2.28. The third-order valence-electron chi connectivity index (χ3n) is 2.14. The first kappa shape index (κ1) is 14.2. The molecular formula is C9H9F3N2O4. The Morgan fingerprint density at radius 1 is 1.39 bits per heavy atom. The van der Waals surface area contributed by atoms with Gasteiger partial charge in [-0.05, 0) is 6.07 Å². The van der Waals surface area contributed by atoms with E-state index < -0.39 is 41.3 Å². The molecule has 2 atom stereocenters. The van der Waals surface area contributed by atoms with E-state index in [1.807, 2.05) is 0 Å². The van der Waals surface area contributed by atoms with Crippen LogP contribution in [0.25, 0.3) is 0 Å². The molecule has 0 aliphatic rings. The highest BCUT2D eigenvalue weighted by Gasteiger charge is 2.35. The molecule has 1 heterocycles. The van der Waals surface area contributed by atoms with Crippen molar-refractivity contribution in [3.8, 4) is 0 Å². The maximum atomic E-state index is 12.5. The Kier molecular flexibility index (Phi) is 3.77. The maximum Gasteiger partial charge on any atom is 0.419 e. The highest BCUT2D eigenvalue weighted by Crippen LogP contribution is 2.34. The molecule has 6 nitrogen and oxygen atoms in total. The lowest BCUT2D eigenvalue weighted by atomic mass is 10.0. The maximum absolute atomic E-state index is 12.5. The van der Waals surface area contributed by atoms with Gasteiger partial charge in [-0.3, -0.25) is 0 Å². The molecule has 100 valence electrons. The molecule has 2 unspecified atom stereocenters. The van der Waals surface area contributed by atoms with Crippen molar-refractivity contribution in [1.29, 1.82) is 0 Å². The Morgan fingerprint density at radius 3 is 2.39 bits per heavy atom. The summed E-state index contributed by atoms with van der Waals surface area (Å²) < 4.78 is 37.4. The molecule has 5 N–H and O–H groups in total. The lowest BCUT2D eigenvalue weighted by molar-refractivity contribution is -0.153. The van der Waals surface area contributed by atoms with Crippen LogP contribution in [0.3, 0.4) is 0 Å². The molecule has 0 aliphatic carbocycles. The van der Waals surface area contributed by atoms with Gasteiger partial charge in [0.25, 0.3) is 0 Å². The molecule has 0 spiro atoms. The zero-order valence-corrected chi connectivity index (χ0v) is 8.72. The van der Waals surface area contributed by atoms with Crippen LogP contribution < -0.4 is 5.73 Å².